The number of fused-ring (bicyclic) bond motifs is 1. The summed E-state index contributed by atoms with van der Waals surface area (Å²) >= 11 is 0. The van der Waals surface area contributed by atoms with Crippen LogP contribution in [0.25, 0.3) is 11.5 Å². The zero-order valence-corrected chi connectivity index (χ0v) is 20.8. The minimum Gasteiger partial charge on any atom is -0.493 e. The second kappa shape index (κ2) is 10.2. The zero-order chi connectivity index (χ0) is 25.1. The van der Waals surface area contributed by atoms with E-state index in [-0.39, 0.29) is 5.92 Å². The maximum absolute atomic E-state index is 12.0. The molecule has 7 heteroatoms. The number of aryl methyl sites for hydroxylation is 1. The van der Waals surface area contributed by atoms with Gasteiger partial charge in [0.2, 0.25) is 0 Å². The highest BCUT2D eigenvalue weighted by Gasteiger charge is 2.24. The Balaban J connectivity index is 1.38. The van der Waals surface area contributed by atoms with Crippen molar-refractivity contribution in [2.24, 2.45) is 0 Å². The number of hydrogen-bond donors (Lipinski definition) is 0. The Kier molecular flexibility index (Phi) is 6.71. The van der Waals surface area contributed by atoms with Gasteiger partial charge < -0.3 is 18.9 Å². The van der Waals surface area contributed by atoms with E-state index in [4.69, 9.17) is 9.47 Å². The van der Waals surface area contributed by atoms with Crippen LogP contribution in [0.1, 0.15) is 40.7 Å². The molecule has 0 aliphatic carbocycles. The summed E-state index contributed by atoms with van der Waals surface area (Å²) in [6, 6.07) is 18.5. The van der Waals surface area contributed by atoms with Gasteiger partial charge in [-0.15, -0.1) is 0 Å². The summed E-state index contributed by atoms with van der Waals surface area (Å²) in [6.45, 7) is 3.57. The highest BCUT2D eigenvalue weighted by atomic mass is 16.5. The second-order valence-electron chi connectivity index (χ2n) is 8.96. The van der Waals surface area contributed by atoms with Crippen molar-refractivity contribution in [3.63, 3.8) is 0 Å². The molecule has 2 aromatic carbocycles. The van der Waals surface area contributed by atoms with Gasteiger partial charge in [-0.2, -0.15) is 0 Å². The van der Waals surface area contributed by atoms with Crippen LogP contribution in [0.15, 0.2) is 73.2 Å². The van der Waals surface area contributed by atoms with Gasteiger partial charge in [-0.05, 0) is 54.3 Å². The molecule has 1 aliphatic rings. The van der Waals surface area contributed by atoms with E-state index in [0.29, 0.717) is 17.9 Å². The number of imidazole rings is 1. The fraction of sp³-hybridized carbons (Fsp3) is 0.276. The number of hydrogen-bond acceptors (Lipinski definition) is 6. The van der Waals surface area contributed by atoms with Crippen molar-refractivity contribution >= 4 is 17.3 Å². The Morgan fingerprint density at radius 1 is 1.08 bits per heavy atom. The van der Waals surface area contributed by atoms with Crippen LogP contribution in [0.2, 0.25) is 0 Å². The van der Waals surface area contributed by atoms with E-state index in [0.717, 1.165) is 42.3 Å². The van der Waals surface area contributed by atoms with Crippen molar-refractivity contribution in [3.05, 3.63) is 89.9 Å². The van der Waals surface area contributed by atoms with Crippen LogP contribution >= 0.6 is 0 Å². The van der Waals surface area contributed by atoms with Crippen molar-refractivity contribution in [2.75, 3.05) is 25.7 Å². The van der Waals surface area contributed by atoms with Gasteiger partial charge in [-0.1, -0.05) is 25.1 Å². The van der Waals surface area contributed by atoms with Crippen LogP contribution in [-0.2, 0) is 17.7 Å². The summed E-state index contributed by atoms with van der Waals surface area (Å²) in [7, 11) is 3.45. The molecule has 4 aromatic rings. The minimum absolute atomic E-state index is 0.272. The third-order valence-electron chi connectivity index (χ3n) is 6.82. The number of rotatable bonds is 7. The van der Waals surface area contributed by atoms with Crippen LogP contribution in [0.3, 0.4) is 0 Å². The lowest BCUT2D eigenvalue weighted by Gasteiger charge is -2.29. The van der Waals surface area contributed by atoms with E-state index in [1.165, 1.54) is 18.2 Å². The lowest BCUT2D eigenvalue weighted by atomic mass is 9.92. The molecule has 0 amide bonds. The predicted octanol–water partition coefficient (Wildman–Crippen LogP) is 5.63. The minimum atomic E-state index is -0.391. The normalized spacial score (nSPS) is 14.6. The van der Waals surface area contributed by atoms with E-state index >= 15 is 0 Å². The molecule has 3 heterocycles. The summed E-state index contributed by atoms with van der Waals surface area (Å²) in [4.78, 5) is 23.1. The smallest absolute Gasteiger partial charge is 0.337 e. The number of carbonyl (C=O) groups is 1. The molecule has 2 aromatic heterocycles. The molecule has 36 heavy (non-hydrogen) atoms. The van der Waals surface area contributed by atoms with Gasteiger partial charge >= 0.3 is 5.97 Å². The SMILES string of the molecule is CCc1ccc(N(C)c2ccc3c(c2)OCCC3Cn2ccnc2-c2cc(C(=O)OC)ccn2)cc1. The van der Waals surface area contributed by atoms with Gasteiger partial charge in [0.1, 0.15) is 11.4 Å². The van der Waals surface area contributed by atoms with Crippen LogP contribution < -0.4 is 9.64 Å². The van der Waals surface area contributed by atoms with Crippen LogP contribution in [-0.4, -0.2) is 41.3 Å². The monoisotopic (exact) mass is 482 g/mol. The van der Waals surface area contributed by atoms with Gasteiger partial charge in [-0.3, -0.25) is 4.98 Å². The second-order valence-corrected chi connectivity index (χ2v) is 8.96. The van der Waals surface area contributed by atoms with E-state index in [1.54, 1.807) is 24.5 Å². The fourth-order valence-electron chi connectivity index (χ4n) is 4.68. The van der Waals surface area contributed by atoms with Crippen molar-refractivity contribution in [3.8, 4) is 17.3 Å². The molecule has 0 N–H and O–H groups in total. The Morgan fingerprint density at radius 3 is 2.67 bits per heavy atom. The van der Waals surface area contributed by atoms with Gasteiger partial charge in [0, 0.05) is 55.5 Å². The molecule has 0 radical (unpaired) electrons. The number of pyridine rings is 1. The standard InChI is InChI=1S/C29H30N4O3/c1-4-20-5-7-23(8-6-20)32(2)24-9-10-25-22(12-16-36-27(25)18-24)19-33-15-14-31-28(33)26-17-21(11-13-30-26)29(34)35-3/h5-11,13-15,17-18,22H,4,12,16,19H2,1-3H3. The molecule has 7 nitrogen and oxygen atoms in total. The fourth-order valence-corrected chi connectivity index (χ4v) is 4.68. The van der Waals surface area contributed by atoms with Crippen molar-refractivity contribution < 1.29 is 14.3 Å². The highest BCUT2D eigenvalue weighted by Crippen LogP contribution is 2.39. The van der Waals surface area contributed by atoms with Gasteiger partial charge in [0.25, 0.3) is 0 Å². The number of nitrogens with zero attached hydrogens (tertiary/aromatic N) is 4. The van der Waals surface area contributed by atoms with E-state index in [1.807, 2.05) is 6.20 Å². The zero-order valence-electron chi connectivity index (χ0n) is 20.8. The molecule has 0 saturated carbocycles. The molecule has 1 atom stereocenters. The Morgan fingerprint density at radius 2 is 1.89 bits per heavy atom. The first-order valence-electron chi connectivity index (χ1n) is 12.2. The quantitative estimate of drug-likeness (QED) is 0.318. The van der Waals surface area contributed by atoms with Gasteiger partial charge in [-0.25, -0.2) is 9.78 Å². The van der Waals surface area contributed by atoms with Crippen LogP contribution in [0.4, 0.5) is 11.4 Å². The predicted molar refractivity (Wildman–Crippen MR) is 140 cm³/mol. The average Bonchev–Trinajstić information content (AvgIpc) is 3.40. The lowest BCUT2D eigenvalue weighted by Crippen LogP contribution is -2.19. The summed E-state index contributed by atoms with van der Waals surface area (Å²) in [6.07, 6.45) is 7.28. The Bertz CT molecular complexity index is 1360. The maximum Gasteiger partial charge on any atom is 0.337 e. The van der Waals surface area contributed by atoms with Crippen LogP contribution in [0.5, 0.6) is 5.75 Å². The molecule has 0 bridgehead atoms. The molecule has 184 valence electrons. The third-order valence-corrected chi connectivity index (χ3v) is 6.82. The molecule has 0 saturated heterocycles. The topological polar surface area (TPSA) is 69.5 Å². The maximum atomic E-state index is 12.0. The summed E-state index contributed by atoms with van der Waals surface area (Å²) < 4.78 is 13.0. The van der Waals surface area contributed by atoms with E-state index < -0.39 is 5.97 Å². The molecule has 0 spiro atoms. The Labute approximate surface area is 211 Å². The number of benzene rings is 2. The first-order valence-corrected chi connectivity index (χ1v) is 12.2. The molecule has 1 unspecified atom stereocenters. The van der Waals surface area contributed by atoms with E-state index in [2.05, 4.69) is 75.9 Å². The van der Waals surface area contributed by atoms with Gasteiger partial charge in [0.15, 0.2) is 5.82 Å². The molecule has 0 fully saturated rings. The highest BCUT2D eigenvalue weighted by molar-refractivity contribution is 5.90. The molecular formula is C29H30N4O3. The number of anilines is 2. The number of esters is 1. The first-order chi connectivity index (χ1) is 17.6. The average molecular weight is 483 g/mol. The molecule has 5 rings (SSSR count). The van der Waals surface area contributed by atoms with Crippen LogP contribution in [0, 0.1) is 0 Å². The summed E-state index contributed by atoms with van der Waals surface area (Å²) in [5, 5.41) is 0. The molecule has 1 aliphatic heterocycles. The number of carbonyl (C=O) groups excluding carboxylic acids is 1. The Hall–Kier alpha value is -4.13. The summed E-state index contributed by atoms with van der Waals surface area (Å²) in [5.74, 6) is 1.53. The van der Waals surface area contributed by atoms with Crippen molar-refractivity contribution in [1.82, 2.24) is 14.5 Å². The van der Waals surface area contributed by atoms with E-state index in [9.17, 15) is 4.79 Å². The number of methoxy groups -OCH3 is 1. The van der Waals surface area contributed by atoms with Gasteiger partial charge in [0.05, 0.1) is 19.3 Å². The van der Waals surface area contributed by atoms with Crippen molar-refractivity contribution in [2.45, 2.75) is 32.2 Å². The number of aromatic nitrogens is 3. The summed E-state index contributed by atoms with van der Waals surface area (Å²) in [5.41, 5.74) is 5.84. The lowest BCUT2D eigenvalue weighted by molar-refractivity contribution is 0.0600. The third kappa shape index (κ3) is 4.69. The number of ether oxygens (including phenoxy) is 2. The van der Waals surface area contributed by atoms with Crippen molar-refractivity contribution in [1.29, 1.82) is 0 Å². The largest absolute Gasteiger partial charge is 0.493 e. The first kappa shape index (κ1) is 23.6. The molecular weight excluding hydrogens is 452 g/mol.